The quantitative estimate of drug-likeness (QED) is 0.128. The first-order chi connectivity index (χ1) is 11.0. The predicted molar refractivity (Wildman–Crippen MR) is 83.1 cm³/mol. The maximum atomic E-state index is 11.7. The molecule has 0 aliphatic carbocycles. The number of carbonyl (C=O) groups excluding carboxylic acids is 4. The molecule has 0 unspecified atom stereocenters. The molecule has 0 saturated heterocycles. The van der Waals surface area contributed by atoms with Crippen molar-refractivity contribution in [2.75, 3.05) is 24.7 Å². The van der Waals surface area contributed by atoms with Gasteiger partial charge in [-0.25, -0.2) is 4.79 Å². The average molecular weight is 344 g/mol. The fourth-order valence-corrected chi connectivity index (χ4v) is 2.30. The van der Waals surface area contributed by atoms with Gasteiger partial charge in [0.1, 0.15) is 6.42 Å². The zero-order valence-corrected chi connectivity index (χ0v) is 14.0. The van der Waals surface area contributed by atoms with Crippen LogP contribution in [0.3, 0.4) is 0 Å². The van der Waals surface area contributed by atoms with E-state index in [1.54, 1.807) is 13.8 Å². The molecular weight excluding hydrogens is 324 g/mol. The predicted octanol–water partition coefficient (Wildman–Crippen LogP) is 0.825. The number of hydrogen-bond donors (Lipinski definition) is 0. The summed E-state index contributed by atoms with van der Waals surface area (Å²) in [6.07, 6.45) is 0.135. The molecule has 9 heteroatoms. The highest BCUT2D eigenvalue weighted by molar-refractivity contribution is 7.99. The molecular formula is C14H20N2O6S. The molecule has 0 spiro atoms. The summed E-state index contributed by atoms with van der Waals surface area (Å²) < 4.78 is 9.25. The first-order valence-corrected chi connectivity index (χ1v) is 8.29. The van der Waals surface area contributed by atoms with Gasteiger partial charge in [-0.2, -0.15) is 16.6 Å². The minimum atomic E-state index is -0.961. The molecule has 0 rings (SSSR count). The van der Waals surface area contributed by atoms with Crippen molar-refractivity contribution in [1.29, 1.82) is 0 Å². The lowest BCUT2D eigenvalue weighted by atomic mass is 10.1. The lowest BCUT2D eigenvalue weighted by Crippen LogP contribution is -2.27. The monoisotopic (exact) mass is 344 g/mol. The molecule has 0 aromatic heterocycles. The summed E-state index contributed by atoms with van der Waals surface area (Å²) in [7, 11) is 0. The van der Waals surface area contributed by atoms with E-state index in [0.29, 0.717) is 12.2 Å². The van der Waals surface area contributed by atoms with Crippen LogP contribution in [0.25, 0.3) is 5.53 Å². The van der Waals surface area contributed by atoms with E-state index in [1.165, 1.54) is 11.8 Å². The molecule has 0 radical (unpaired) electrons. The average Bonchev–Trinajstić information content (AvgIpc) is 2.48. The van der Waals surface area contributed by atoms with Gasteiger partial charge in [-0.1, -0.05) is 0 Å². The molecule has 0 N–H and O–H groups in total. The van der Waals surface area contributed by atoms with Crippen molar-refractivity contribution >= 4 is 41.0 Å². The largest absolute Gasteiger partial charge is 0.466 e. The van der Waals surface area contributed by atoms with E-state index in [2.05, 4.69) is 14.3 Å². The SMILES string of the molecule is CCOC(=O)CC(=O)CSCCCC(=O)C(=[N+]=[N-])C(=O)OCC. The number of esters is 2. The topological polar surface area (TPSA) is 123 Å². The van der Waals surface area contributed by atoms with Crippen LogP contribution in [0.5, 0.6) is 0 Å². The van der Waals surface area contributed by atoms with Crippen molar-refractivity contribution in [3.63, 3.8) is 0 Å². The van der Waals surface area contributed by atoms with Crippen molar-refractivity contribution in [1.82, 2.24) is 0 Å². The minimum absolute atomic E-state index is 0.00270. The number of rotatable bonds is 12. The maximum absolute atomic E-state index is 11.7. The molecule has 0 aliphatic heterocycles. The number of hydrogen-bond acceptors (Lipinski definition) is 7. The van der Waals surface area contributed by atoms with E-state index in [1.807, 2.05) is 0 Å². The van der Waals surface area contributed by atoms with Crippen molar-refractivity contribution in [2.45, 2.75) is 33.1 Å². The zero-order chi connectivity index (χ0) is 17.7. The van der Waals surface area contributed by atoms with Gasteiger partial charge in [0.25, 0.3) is 5.78 Å². The summed E-state index contributed by atoms with van der Waals surface area (Å²) in [6, 6.07) is 0. The number of nitrogens with zero attached hydrogens (tertiary/aromatic N) is 2. The number of carbonyl (C=O) groups is 4. The lowest BCUT2D eigenvalue weighted by Gasteiger charge is -2.02. The van der Waals surface area contributed by atoms with Crippen molar-refractivity contribution in [3.8, 4) is 0 Å². The fourth-order valence-electron chi connectivity index (χ4n) is 1.47. The van der Waals surface area contributed by atoms with Gasteiger partial charge >= 0.3 is 17.7 Å². The van der Waals surface area contributed by atoms with Gasteiger partial charge in [0.05, 0.1) is 19.0 Å². The number of ether oxygens (including phenoxy) is 2. The van der Waals surface area contributed by atoms with Gasteiger partial charge in [-0.3, -0.25) is 14.4 Å². The molecule has 0 fully saturated rings. The summed E-state index contributed by atoms with van der Waals surface area (Å²) in [5.74, 6) is -1.75. The van der Waals surface area contributed by atoms with Crippen LogP contribution < -0.4 is 0 Å². The third-order valence-electron chi connectivity index (χ3n) is 2.44. The molecule has 128 valence electrons. The van der Waals surface area contributed by atoms with Crippen molar-refractivity contribution < 1.29 is 33.4 Å². The van der Waals surface area contributed by atoms with E-state index in [4.69, 9.17) is 5.53 Å². The van der Waals surface area contributed by atoms with Gasteiger partial charge in [-0.15, -0.1) is 0 Å². The van der Waals surface area contributed by atoms with Crippen LogP contribution >= 0.6 is 11.8 Å². The Morgan fingerprint density at radius 2 is 1.74 bits per heavy atom. The standard InChI is InChI=1S/C14H20N2O6S/c1-3-21-12(19)8-10(17)9-23-7-5-6-11(18)13(16-15)14(20)22-4-2/h3-9H2,1-2H3. The molecule has 23 heavy (non-hydrogen) atoms. The van der Waals surface area contributed by atoms with Crippen LogP contribution in [0.15, 0.2) is 0 Å². The Morgan fingerprint density at radius 1 is 1.09 bits per heavy atom. The second kappa shape index (κ2) is 12.5. The highest BCUT2D eigenvalue weighted by atomic mass is 32.2. The Bertz CT molecular complexity index is 499. The van der Waals surface area contributed by atoms with Gasteiger partial charge in [0, 0.05) is 6.42 Å². The van der Waals surface area contributed by atoms with E-state index >= 15 is 0 Å². The highest BCUT2D eigenvalue weighted by Gasteiger charge is 2.30. The van der Waals surface area contributed by atoms with Crippen LogP contribution in [0, 0.1) is 0 Å². The summed E-state index contributed by atoms with van der Waals surface area (Å²) >= 11 is 1.27. The maximum Gasteiger partial charge on any atom is 0.441 e. The molecule has 0 bridgehead atoms. The number of Topliss-reactive ketones (excluding diaryl/α,β-unsaturated/α-hetero) is 2. The molecule has 0 aliphatic rings. The first kappa shape index (κ1) is 21.0. The third kappa shape index (κ3) is 9.59. The normalized spacial score (nSPS) is 9.65. The second-order valence-corrected chi connectivity index (χ2v) is 5.37. The number of ketones is 2. The summed E-state index contributed by atoms with van der Waals surface area (Å²) in [5, 5.41) is 0. The van der Waals surface area contributed by atoms with Crippen LogP contribution in [-0.4, -0.2) is 58.7 Å². The fraction of sp³-hybridized carbons (Fsp3) is 0.643. The Hall–Kier alpha value is -1.99. The number of thioether (sulfide) groups is 1. The van der Waals surface area contributed by atoms with E-state index in [-0.39, 0.29) is 37.6 Å². The van der Waals surface area contributed by atoms with Gasteiger partial charge in [0.2, 0.25) is 0 Å². The molecule has 0 atom stereocenters. The second-order valence-electron chi connectivity index (χ2n) is 4.27. The molecule has 0 heterocycles. The molecule has 0 saturated carbocycles. The Kier molecular flexibility index (Phi) is 11.5. The van der Waals surface area contributed by atoms with Crippen molar-refractivity contribution in [3.05, 3.63) is 5.53 Å². The van der Waals surface area contributed by atoms with Crippen LogP contribution in [0.4, 0.5) is 0 Å². The summed E-state index contributed by atoms with van der Waals surface area (Å²) in [4.78, 5) is 48.2. The van der Waals surface area contributed by atoms with Gasteiger partial charge in [-0.05, 0) is 26.0 Å². The molecule has 8 nitrogen and oxygen atoms in total. The van der Waals surface area contributed by atoms with Crippen LogP contribution in [-0.2, 0) is 28.7 Å². The smallest absolute Gasteiger partial charge is 0.441 e. The Labute approximate surface area is 138 Å². The van der Waals surface area contributed by atoms with Crippen molar-refractivity contribution in [2.24, 2.45) is 0 Å². The zero-order valence-electron chi connectivity index (χ0n) is 13.2. The third-order valence-corrected chi connectivity index (χ3v) is 3.54. The van der Waals surface area contributed by atoms with Gasteiger partial charge < -0.3 is 15.0 Å². The van der Waals surface area contributed by atoms with E-state index in [0.717, 1.165) is 0 Å². The van der Waals surface area contributed by atoms with Crippen LogP contribution in [0.2, 0.25) is 0 Å². The summed E-state index contributed by atoms with van der Waals surface area (Å²) in [6.45, 7) is 3.54. The van der Waals surface area contributed by atoms with E-state index < -0.39 is 23.4 Å². The highest BCUT2D eigenvalue weighted by Crippen LogP contribution is 2.07. The Morgan fingerprint density at radius 3 is 2.30 bits per heavy atom. The van der Waals surface area contributed by atoms with Gasteiger partial charge in [0.15, 0.2) is 5.78 Å². The molecule has 0 amide bonds. The minimum Gasteiger partial charge on any atom is -0.466 e. The first-order valence-electron chi connectivity index (χ1n) is 7.13. The van der Waals surface area contributed by atoms with E-state index in [9.17, 15) is 19.2 Å². The lowest BCUT2D eigenvalue weighted by molar-refractivity contribution is -0.145. The Balaban J connectivity index is 3.97. The molecule has 0 aromatic rings. The molecule has 0 aromatic carbocycles. The van der Waals surface area contributed by atoms with Crippen LogP contribution in [0.1, 0.15) is 33.1 Å². The summed E-state index contributed by atoms with van der Waals surface area (Å²) in [5.41, 5.74) is 8.04.